The molecule has 1 N–H and O–H groups in total. The number of ether oxygens (including phenoxy) is 3. The van der Waals surface area contributed by atoms with Crippen molar-refractivity contribution in [1.29, 1.82) is 0 Å². The SMILES string of the molecule is CCCCOc1ccc([C@H]2/C(=C(\O)c3ccc4c(c3)C[C@H](C)O4)C(=O)C(=O)N2c2nnc(SCc3ccc(Cl)cc3Cl)s2)cc1OCC. The van der Waals surface area contributed by atoms with Gasteiger partial charge in [-0.05, 0) is 79.4 Å². The number of carbonyl (C=O) groups is 2. The van der Waals surface area contributed by atoms with Crippen molar-refractivity contribution in [1.82, 2.24) is 10.2 Å². The minimum atomic E-state index is -1.02. The molecule has 0 radical (unpaired) electrons. The average molecular weight is 727 g/mol. The third kappa shape index (κ3) is 7.01. The molecule has 2 aliphatic rings. The highest BCUT2D eigenvalue weighted by Gasteiger charge is 2.48. The molecule has 3 aromatic carbocycles. The molecule has 0 unspecified atom stereocenters. The standard InChI is InChI=1S/C35H33Cl2N3O6S2/c1-4-6-13-45-27-12-8-20(16-28(27)44-5-2)30-29(31(41)21-9-11-26-23(15-21)14-19(3)46-26)32(42)33(43)40(30)34-38-39-35(48-34)47-18-22-7-10-24(36)17-25(22)37/h7-12,15-17,19,30,41H,4-6,13-14,18H2,1-3H3/b31-29+/t19-,30-/m0/s1. The van der Waals surface area contributed by atoms with E-state index in [4.69, 9.17) is 37.4 Å². The van der Waals surface area contributed by atoms with Crippen LogP contribution in [0.15, 0.2) is 64.5 Å². The highest BCUT2D eigenvalue weighted by molar-refractivity contribution is 8.00. The quantitative estimate of drug-likeness (QED) is 0.0383. The van der Waals surface area contributed by atoms with Gasteiger partial charge in [0.25, 0.3) is 5.78 Å². The Balaban J connectivity index is 1.41. The maximum Gasteiger partial charge on any atom is 0.301 e. The van der Waals surface area contributed by atoms with Crippen LogP contribution < -0.4 is 19.1 Å². The summed E-state index contributed by atoms with van der Waals surface area (Å²) in [6, 6.07) is 14.8. The fourth-order valence-electron chi connectivity index (χ4n) is 5.62. The molecule has 0 saturated carbocycles. The van der Waals surface area contributed by atoms with E-state index in [2.05, 4.69) is 17.1 Å². The van der Waals surface area contributed by atoms with Gasteiger partial charge in [0.2, 0.25) is 5.13 Å². The predicted octanol–water partition coefficient (Wildman–Crippen LogP) is 8.66. The number of hydrogen-bond donors (Lipinski definition) is 1. The molecule has 0 spiro atoms. The van der Waals surface area contributed by atoms with E-state index in [9.17, 15) is 14.7 Å². The zero-order valence-corrected chi connectivity index (χ0v) is 29.6. The van der Waals surface area contributed by atoms with Crippen molar-refractivity contribution in [2.75, 3.05) is 18.1 Å². The van der Waals surface area contributed by atoms with E-state index < -0.39 is 17.7 Å². The smallest absolute Gasteiger partial charge is 0.301 e. The summed E-state index contributed by atoms with van der Waals surface area (Å²) in [4.78, 5) is 29.0. The lowest BCUT2D eigenvalue weighted by Crippen LogP contribution is -2.29. The molecule has 1 fully saturated rings. The highest BCUT2D eigenvalue weighted by Crippen LogP contribution is 2.46. The molecular formula is C35H33Cl2N3O6S2. The lowest BCUT2D eigenvalue weighted by atomic mass is 9.94. The predicted molar refractivity (Wildman–Crippen MR) is 189 cm³/mol. The van der Waals surface area contributed by atoms with Crippen molar-refractivity contribution in [3.63, 3.8) is 0 Å². The average Bonchev–Trinajstić information content (AvgIpc) is 3.76. The van der Waals surface area contributed by atoms with Crippen LogP contribution >= 0.6 is 46.3 Å². The van der Waals surface area contributed by atoms with E-state index in [1.165, 1.54) is 28.0 Å². The molecule has 3 heterocycles. The number of aromatic nitrogens is 2. The number of fused-ring (bicyclic) bond motifs is 1. The fourth-order valence-corrected chi connectivity index (χ4v) is 8.04. The second-order valence-corrected chi connectivity index (χ2v) is 14.4. The number of hydrogen-bond acceptors (Lipinski definition) is 10. The Morgan fingerprint density at radius 3 is 2.67 bits per heavy atom. The maximum atomic E-state index is 13.8. The van der Waals surface area contributed by atoms with Crippen LogP contribution in [0.25, 0.3) is 5.76 Å². The number of unbranched alkanes of at least 4 members (excludes halogenated alkanes) is 1. The van der Waals surface area contributed by atoms with Gasteiger partial charge in [-0.15, -0.1) is 10.2 Å². The van der Waals surface area contributed by atoms with Crippen LogP contribution in [0, 0.1) is 0 Å². The van der Waals surface area contributed by atoms with Gasteiger partial charge in [-0.2, -0.15) is 0 Å². The van der Waals surface area contributed by atoms with Crippen LogP contribution in [-0.4, -0.2) is 46.3 Å². The Morgan fingerprint density at radius 2 is 1.90 bits per heavy atom. The number of aliphatic hydroxyl groups is 1. The number of ketones is 1. The summed E-state index contributed by atoms with van der Waals surface area (Å²) < 4.78 is 18.3. The number of halogens is 2. The second kappa shape index (κ2) is 14.8. The van der Waals surface area contributed by atoms with Crippen LogP contribution in [0.2, 0.25) is 10.0 Å². The van der Waals surface area contributed by atoms with Gasteiger partial charge in [-0.3, -0.25) is 14.5 Å². The minimum Gasteiger partial charge on any atom is -0.507 e. The van der Waals surface area contributed by atoms with Crippen molar-refractivity contribution >= 4 is 68.9 Å². The van der Waals surface area contributed by atoms with Gasteiger partial charge in [-0.1, -0.05) is 71.8 Å². The zero-order valence-electron chi connectivity index (χ0n) is 26.5. The molecule has 0 bridgehead atoms. The number of thioether (sulfide) groups is 1. The van der Waals surface area contributed by atoms with Gasteiger partial charge in [0, 0.05) is 27.8 Å². The van der Waals surface area contributed by atoms with Crippen molar-refractivity contribution in [2.45, 2.75) is 62.3 Å². The van der Waals surface area contributed by atoms with Crippen LogP contribution in [0.3, 0.4) is 0 Å². The third-order valence-corrected chi connectivity index (χ3v) is 10.6. The molecule has 6 rings (SSSR count). The Kier molecular flexibility index (Phi) is 10.5. The summed E-state index contributed by atoms with van der Waals surface area (Å²) in [5.74, 6) is 0.291. The minimum absolute atomic E-state index is 0.00166. The molecule has 9 nitrogen and oxygen atoms in total. The first-order chi connectivity index (χ1) is 23.2. The van der Waals surface area contributed by atoms with Crippen LogP contribution in [-0.2, 0) is 21.8 Å². The molecule has 1 aromatic heterocycles. The molecule has 250 valence electrons. The molecular weight excluding hydrogens is 693 g/mol. The van der Waals surface area contributed by atoms with Crippen molar-refractivity contribution in [3.05, 3.63) is 92.5 Å². The van der Waals surface area contributed by atoms with Gasteiger partial charge >= 0.3 is 5.91 Å². The topological polar surface area (TPSA) is 111 Å². The molecule has 0 aliphatic carbocycles. The largest absolute Gasteiger partial charge is 0.507 e. The Hall–Kier alpha value is -3.77. The number of nitrogens with zero attached hydrogens (tertiary/aromatic N) is 3. The molecule has 1 amide bonds. The summed E-state index contributed by atoms with van der Waals surface area (Å²) in [6.45, 7) is 6.80. The van der Waals surface area contributed by atoms with E-state index in [0.717, 1.165) is 29.7 Å². The fraction of sp³-hybridized carbons (Fsp3) is 0.314. The number of rotatable bonds is 12. The molecule has 13 heteroatoms. The third-order valence-electron chi connectivity index (χ3n) is 7.92. The number of Topliss-reactive ketones (excluding diaryl/α,β-unsaturated/α-hetero) is 1. The van der Waals surface area contributed by atoms with Crippen LogP contribution in [0.1, 0.15) is 61.9 Å². The first-order valence-corrected chi connectivity index (χ1v) is 18.1. The van der Waals surface area contributed by atoms with E-state index in [-0.39, 0.29) is 22.6 Å². The summed E-state index contributed by atoms with van der Waals surface area (Å²) >= 11 is 15.0. The van der Waals surface area contributed by atoms with E-state index in [0.29, 0.717) is 62.4 Å². The van der Waals surface area contributed by atoms with E-state index in [1.54, 1.807) is 48.5 Å². The van der Waals surface area contributed by atoms with Gasteiger partial charge in [0.05, 0.1) is 24.8 Å². The summed E-state index contributed by atoms with van der Waals surface area (Å²) in [5, 5.41) is 21.7. The molecule has 2 aliphatic heterocycles. The Morgan fingerprint density at radius 1 is 1.06 bits per heavy atom. The molecule has 4 aromatic rings. The number of amides is 1. The van der Waals surface area contributed by atoms with Gasteiger partial charge in [-0.25, -0.2) is 0 Å². The van der Waals surface area contributed by atoms with Crippen molar-refractivity contribution in [2.24, 2.45) is 0 Å². The van der Waals surface area contributed by atoms with Gasteiger partial charge in [0.15, 0.2) is 15.8 Å². The summed E-state index contributed by atoms with van der Waals surface area (Å²) in [6.07, 6.45) is 2.51. The van der Waals surface area contributed by atoms with Crippen molar-refractivity contribution in [3.8, 4) is 17.2 Å². The normalized spacial score (nSPS) is 18.2. The first kappa shape index (κ1) is 34.1. The van der Waals surface area contributed by atoms with E-state index >= 15 is 0 Å². The van der Waals surface area contributed by atoms with Crippen LogP contribution in [0.5, 0.6) is 17.2 Å². The number of anilines is 1. The lowest BCUT2D eigenvalue weighted by molar-refractivity contribution is -0.132. The zero-order chi connectivity index (χ0) is 33.9. The first-order valence-electron chi connectivity index (χ1n) is 15.6. The van der Waals surface area contributed by atoms with Crippen molar-refractivity contribution < 1.29 is 28.9 Å². The van der Waals surface area contributed by atoms with Crippen LogP contribution in [0.4, 0.5) is 5.13 Å². The van der Waals surface area contributed by atoms with Gasteiger partial charge in [0.1, 0.15) is 17.6 Å². The Bertz CT molecular complexity index is 1900. The van der Waals surface area contributed by atoms with E-state index in [1.807, 2.05) is 19.9 Å². The number of carbonyl (C=O) groups excluding carboxylic acids is 2. The summed E-state index contributed by atoms with van der Waals surface area (Å²) in [5.41, 5.74) is 2.66. The molecule has 2 atom stereocenters. The number of benzene rings is 3. The highest BCUT2D eigenvalue weighted by atomic mass is 35.5. The monoisotopic (exact) mass is 725 g/mol. The maximum absolute atomic E-state index is 13.8. The molecule has 1 saturated heterocycles. The number of aliphatic hydroxyl groups excluding tert-OH is 1. The van der Waals surface area contributed by atoms with Gasteiger partial charge < -0.3 is 19.3 Å². The lowest BCUT2D eigenvalue weighted by Gasteiger charge is -2.23. The second-order valence-electron chi connectivity index (χ2n) is 11.3. The Labute approximate surface area is 296 Å². The molecule has 48 heavy (non-hydrogen) atoms. The summed E-state index contributed by atoms with van der Waals surface area (Å²) in [7, 11) is 0.